The molecule has 1 aliphatic carbocycles. The number of benzene rings is 2. The van der Waals surface area contributed by atoms with Gasteiger partial charge in [-0.1, -0.05) is 19.9 Å². The Bertz CT molecular complexity index is 1130. The maximum atomic E-state index is 10.8. The van der Waals surface area contributed by atoms with Crippen molar-refractivity contribution in [2.45, 2.75) is 77.7 Å². The lowest BCUT2D eigenvalue weighted by molar-refractivity contribution is -0.136. The van der Waals surface area contributed by atoms with E-state index >= 15 is 0 Å². The van der Waals surface area contributed by atoms with Gasteiger partial charge in [-0.3, -0.25) is 4.79 Å². The van der Waals surface area contributed by atoms with Crippen LogP contribution in [0.25, 0.3) is 11.5 Å². The van der Waals surface area contributed by atoms with Gasteiger partial charge in [-0.15, -0.1) is 0 Å². The Morgan fingerprint density at radius 1 is 1.09 bits per heavy atom. The summed E-state index contributed by atoms with van der Waals surface area (Å²) in [5.41, 5.74) is 3.95. The largest absolute Gasteiger partial charge is 0.493 e. The summed E-state index contributed by atoms with van der Waals surface area (Å²) in [5, 5.41) is 8.90. The molecule has 35 heavy (non-hydrogen) atoms. The van der Waals surface area contributed by atoms with Crippen LogP contribution in [0, 0.1) is 6.92 Å². The second kappa shape index (κ2) is 11.4. The van der Waals surface area contributed by atoms with Crippen LogP contribution in [0.3, 0.4) is 0 Å². The molecule has 3 aromatic rings. The standard InChI is InChI=1S/C29H35NO5/c1-19(2)28-26(16-17-33-25-14-8-21(20(3)18-25)11-15-27(31)32)35-29(30-28)22-9-12-24(13-10-22)34-23-6-4-5-7-23/h8-10,12-14,18-19,23H,4-7,11,15-17H2,1-3H3,(H,31,32). The van der Waals surface area contributed by atoms with Crippen LogP contribution in [0.4, 0.5) is 0 Å². The van der Waals surface area contributed by atoms with Crippen molar-refractivity contribution in [3.8, 4) is 23.0 Å². The molecule has 2 aromatic carbocycles. The van der Waals surface area contributed by atoms with E-state index in [1.807, 2.05) is 49.4 Å². The molecule has 0 saturated heterocycles. The molecule has 0 atom stereocenters. The molecule has 1 heterocycles. The summed E-state index contributed by atoms with van der Waals surface area (Å²) in [6.07, 6.45) is 6.38. The second-order valence-electron chi connectivity index (χ2n) is 9.61. The first-order chi connectivity index (χ1) is 16.9. The number of aromatic nitrogens is 1. The van der Waals surface area contributed by atoms with Gasteiger partial charge in [0, 0.05) is 18.4 Å². The summed E-state index contributed by atoms with van der Waals surface area (Å²) in [5.74, 6) is 2.58. The Kier molecular flexibility index (Phi) is 8.11. The van der Waals surface area contributed by atoms with Gasteiger partial charge < -0.3 is 19.0 Å². The van der Waals surface area contributed by atoms with Crippen molar-refractivity contribution in [3.05, 3.63) is 65.0 Å². The van der Waals surface area contributed by atoms with Gasteiger partial charge in [0.25, 0.3) is 0 Å². The van der Waals surface area contributed by atoms with Crippen molar-refractivity contribution in [2.75, 3.05) is 6.61 Å². The van der Waals surface area contributed by atoms with Gasteiger partial charge in [-0.05, 0) is 92.5 Å². The van der Waals surface area contributed by atoms with E-state index in [0.717, 1.165) is 52.5 Å². The minimum absolute atomic E-state index is 0.128. The number of oxazole rings is 1. The number of carboxylic acid groups (broad SMARTS) is 1. The molecule has 1 saturated carbocycles. The number of carbonyl (C=O) groups is 1. The summed E-state index contributed by atoms with van der Waals surface area (Å²) in [7, 11) is 0. The summed E-state index contributed by atoms with van der Waals surface area (Å²) >= 11 is 0. The Hall–Kier alpha value is -3.28. The van der Waals surface area contributed by atoms with Gasteiger partial charge in [0.1, 0.15) is 17.3 Å². The van der Waals surface area contributed by atoms with E-state index in [2.05, 4.69) is 13.8 Å². The van der Waals surface area contributed by atoms with E-state index in [1.165, 1.54) is 12.8 Å². The zero-order chi connectivity index (χ0) is 24.8. The molecule has 0 amide bonds. The Morgan fingerprint density at radius 3 is 2.46 bits per heavy atom. The lowest BCUT2D eigenvalue weighted by atomic mass is 10.0. The van der Waals surface area contributed by atoms with Gasteiger partial charge in [0.05, 0.1) is 18.4 Å². The first-order valence-electron chi connectivity index (χ1n) is 12.6. The fourth-order valence-corrected chi connectivity index (χ4v) is 4.53. The van der Waals surface area contributed by atoms with Gasteiger partial charge in [-0.2, -0.15) is 0 Å². The number of hydrogen-bond acceptors (Lipinski definition) is 5. The smallest absolute Gasteiger partial charge is 0.303 e. The number of aliphatic carboxylic acids is 1. The van der Waals surface area contributed by atoms with Crippen molar-refractivity contribution in [1.82, 2.24) is 4.98 Å². The van der Waals surface area contributed by atoms with Crippen LogP contribution < -0.4 is 9.47 Å². The van der Waals surface area contributed by atoms with Crippen LogP contribution >= 0.6 is 0 Å². The van der Waals surface area contributed by atoms with E-state index in [-0.39, 0.29) is 12.3 Å². The Balaban J connectivity index is 1.38. The predicted octanol–water partition coefficient (Wildman–Crippen LogP) is 6.73. The van der Waals surface area contributed by atoms with Crippen molar-refractivity contribution in [2.24, 2.45) is 0 Å². The van der Waals surface area contributed by atoms with E-state index < -0.39 is 5.97 Å². The van der Waals surface area contributed by atoms with Gasteiger partial charge in [0.15, 0.2) is 0 Å². The van der Waals surface area contributed by atoms with Crippen LogP contribution in [-0.4, -0.2) is 28.8 Å². The molecule has 6 nitrogen and oxygen atoms in total. The number of nitrogens with zero attached hydrogens (tertiary/aromatic N) is 1. The van der Waals surface area contributed by atoms with Crippen LogP contribution in [0.15, 0.2) is 46.9 Å². The molecule has 1 aromatic heterocycles. The molecule has 1 N–H and O–H groups in total. The Labute approximate surface area is 207 Å². The fraction of sp³-hybridized carbons (Fsp3) is 0.448. The first kappa shape index (κ1) is 24.8. The van der Waals surface area contributed by atoms with Crippen molar-refractivity contribution in [3.63, 3.8) is 0 Å². The second-order valence-corrected chi connectivity index (χ2v) is 9.61. The lowest BCUT2D eigenvalue weighted by Gasteiger charge is -2.12. The normalized spacial score (nSPS) is 13.9. The Morgan fingerprint density at radius 2 is 1.80 bits per heavy atom. The van der Waals surface area contributed by atoms with Crippen molar-refractivity contribution < 1.29 is 23.8 Å². The molecule has 1 fully saturated rings. The van der Waals surface area contributed by atoms with Gasteiger partial charge >= 0.3 is 5.97 Å². The molecule has 6 heteroatoms. The molecule has 0 radical (unpaired) electrons. The molecule has 0 unspecified atom stereocenters. The highest BCUT2D eigenvalue weighted by atomic mass is 16.5. The highest BCUT2D eigenvalue weighted by Gasteiger charge is 2.19. The van der Waals surface area contributed by atoms with Crippen LogP contribution in [0.5, 0.6) is 11.5 Å². The quantitative estimate of drug-likeness (QED) is 0.330. The van der Waals surface area contributed by atoms with Crippen LogP contribution in [0.2, 0.25) is 0 Å². The maximum absolute atomic E-state index is 10.8. The highest BCUT2D eigenvalue weighted by molar-refractivity contribution is 5.67. The minimum atomic E-state index is -0.787. The zero-order valence-electron chi connectivity index (χ0n) is 20.9. The third kappa shape index (κ3) is 6.65. The average Bonchev–Trinajstić information content (AvgIpc) is 3.49. The van der Waals surface area contributed by atoms with Gasteiger partial charge in [-0.25, -0.2) is 4.98 Å². The molecule has 0 spiro atoms. The molecule has 0 bridgehead atoms. The van der Waals surface area contributed by atoms with E-state index in [0.29, 0.717) is 31.4 Å². The third-order valence-electron chi connectivity index (χ3n) is 6.50. The first-order valence-corrected chi connectivity index (χ1v) is 12.6. The van der Waals surface area contributed by atoms with Crippen LogP contribution in [0.1, 0.15) is 74.5 Å². The highest BCUT2D eigenvalue weighted by Crippen LogP contribution is 2.30. The molecule has 0 aliphatic heterocycles. The summed E-state index contributed by atoms with van der Waals surface area (Å²) < 4.78 is 18.2. The maximum Gasteiger partial charge on any atom is 0.303 e. The number of rotatable bonds is 11. The lowest BCUT2D eigenvalue weighted by Crippen LogP contribution is -2.10. The van der Waals surface area contributed by atoms with E-state index in [9.17, 15) is 4.79 Å². The molecule has 1 aliphatic rings. The molecule has 186 valence electrons. The molecular weight excluding hydrogens is 442 g/mol. The monoisotopic (exact) mass is 477 g/mol. The summed E-state index contributed by atoms with van der Waals surface area (Å²) in [6.45, 7) is 6.68. The van der Waals surface area contributed by atoms with Crippen molar-refractivity contribution >= 4 is 5.97 Å². The minimum Gasteiger partial charge on any atom is -0.493 e. The molecular formula is C29H35NO5. The van der Waals surface area contributed by atoms with Crippen molar-refractivity contribution in [1.29, 1.82) is 0 Å². The number of carboxylic acids is 1. The topological polar surface area (TPSA) is 81.8 Å². The van der Waals surface area contributed by atoms with E-state index in [1.54, 1.807) is 0 Å². The third-order valence-corrected chi connectivity index (χ3v) is 6.50. The SMILES string of the molecule is Cc1cc(OCCc2oc(-c3ccc(OC4CCCC4)cc3)nc2C(C)C)ccc1CCC(=O)O. The predicted molar refractivity (Wildman–Crippen MR) is 135 cm³/mol. The van der Waals surface area contributed by atoms with E-state index in [4.69, 9.17) is 24.0 Å². The number of ether oxygens (including phenoxy) is 2. The fourth-order valence-electron chi connectivity index (χ4n) is 4.53. The van der Waals surface area contributed by atoms with Crippen LogP contribution in [-0.2, 0) is 17.6 Å². The summed E-state index contributed by atoms with van der Waals surface area (Å²) in [6, 6.07) is 13.8. The average molecular weight is 478 g/mol. The zero-order valence-corrected chi connectivity index (χ0v) is 20.9. The summed E-state index contributed by atoms with van der Waals surface area (Å²) in [4.78, 5) is 15.6. The number of aryl methyl sites for hydroxylation is 2. The molecule has 4 rings (SSSR count). The van der Waals surface area contributed by atoms with Gasteiger partial charge in [0.2, 0.25) is 5.89 Å². The number of hydrogen-bond donors (Lipinski definition) is 1.